The van der Waals surface area contributed by atoms with Crippen molar-refractivity contribution in [2.24, 2.45) is 0 Å². The molecule has 2 atom stereocenters. The zero-order valence-corrected chi connectivity index (χ0v) is 9.84. The summed E-state index contributed by atoms with van der Waals surface area (Å²) in [5.41, 5.74) is -3.55. The molecule has 106 valence electrons. The molecule has 0 fully saturated rings. The van der Waals surface area contributed by atoms with E-state index >= 15 is 0 Å². The van der Waals surface area contributed by atoms with E-state index in [1.54, 1.807) is 6.07 Å². The summed E-state index contributed by atoms with van der Waals surface area (Å²) in [6.07, 6.45) is -3.46. The summed E-state index contributed by atoms with van der Waals surface area (Å²) in [6, 6.07) is 7.35. The van der Waals surface area contributed by atoms with Crippen molar-refractivity contribution in [3.8, 4) is 0 Å². The van der Waals surface area contributed by atoms with Gasteiger partial charge in [0.2, 0.25) is 11.8 Å². The second-order valence-electron chi connectivity index (χ2n) is 4.10. The van der Waals surface area contributed by atoms with Crippen molar-refractivity contribution < 1.29 is 26.7 Å². The molecule has 1 amide bonds. The number of para-hydroxylation sites is 1. The number of alkyl halides is 2. The molecule has 1 aliphatic rings. The predicted octanol–water partition coefficient (Wildman–Crippen LogP) is 3.69. The molecule has 0 spiro atoms. The summed E-state index contributed by atoms with van der Waals surface area (Å²) < 4.78 is 66.5. The van der Waals surface area contributed by atoms with Gasteiger partial charge in [-0.25, -0.2) is 22.0 Å². The highest BCUT2D eigenvalue weighted by molar-refractivity contribution is 6.00. The van der Waals surface area contributed by atoms with Crippen molar-refractivity contribution in [2.45, 2.75) is 11.8 Å². The lowest BCUT2D eigenvalue weighted by atomic mass is 9.92. The van der Waals surface area contributed by atoms with Crippen LogP contribution in [0.1, 0.15) is 0 Å². The molecule has 1 aromatic carbocycles. The number of nitrogens with one attached hydrogen (secondary N) is 1. The van der Waals surface area contributed by atoms with Gasteiger partial charge >= 0.3 is 0 Å². The Morgan fingerprint density at radius 2 is 1.75 bits per heavy atom. The molecular formula is C13H8F5NO. The van der Waals surface area contributed by atoms with Gasteiger partial charge in [0.15, 0.2) is 17.5 Å². The molecule has 1 aliphatic carbocycles. The lowest BCUT2D eigenvalue weighted by Crippen LogP contribution is -2.47. The summed E-state index contributed by atoms with van der Waals surface area (Å²) in [4.78, 5) is 11.6. The van der Waals surface area contributed by atoms with E-state index in [9.17, 15) is 26.7 Å². The third-order valence-corrected chi connectivity index (χ3v) is 2.73. The first kappa shape index (κ1) is 14.2. The Morgan fingerprint density at radius 3 is 2.35 bits per heavy atom. The van der Waals surface area contributed by atoms with Crippen molar-refractivity contribution in [3.05, 3.63) is 53.9 Å². The largest absolute Gasteiger partial charge is 0.323 e. The fourth-order valence-corrected chi connectivity index (χ4v) is 1.66. The van der Waals surface area contributed by atoms with Crippen LogP contribution >= 0.6 is 0 Å². The summed E-state index contributed by atoms with van der Waals surface area (Å²) in [5.74, 6) is -8.01. The third kappa shape index (κ3) is 2.31. The van der Waals surface area contributed by atoms with Crippen LogP contribution < -0.4 is 5.32 Å². The number of amides is 1. The van der Waals surface area contributed by atoms with Crippen LogP contribution in [0.3, 0.4) is 0 Å². The molecule has 7 heteroatoms. The topological polar surface area (TPSA) is 29.1 Å². The van der Waals surface area contributed by atoms with E-state index < -0.39 is 35.2 Å². The summed E-state index contributed by atoms with van der Waals surface area (Å²) >= 11 is 0. The van der Waals surface area contributed by atoms with E-state index in [2.05, 4.69) is 0 Å². The Hall–Kier alpha value is -2.18. The van der Waals surface area contributed by atoms with Crippen LogP contribution in [0.15, 0.2) is 53.9 Å². The van der Waals surface area contributed by atoms with Crippen LogP contribution in [0, 0.1) is 0 Å². The van der Waals surface area contributed by atoms with Crippen LogP contribution in [0.2, 0.25) is 0 Å². The van der Waals surface area contributed by atoms with E-state index in [4.69, 9.17) is 0 Å². The Bertz CT molecular complexity index is 598. The number of carbonyl (C=O) groups is 1. The molecule has 0 radical (unpaired) electrons. The molecule has 2 unspecified atom stereocenters. The molecule has 0 aliphatic heterocycles. The Kier molecular flexibility index (Phi) is 3.61. The third-order valence-electron chi connectivity index (χ3n) is 2.73. The van der Waals surface area contributed by atoms with Crippen LogP contribution in [0.5, 0.6) is 0 Å². The maximum absolute atomic E-state index is 14.2. The van der Waals surface area contributed by atoms with Crippen LogP contribution in [-0.2, 0) is 4.79 Å². The van der Waals surface area contributed by atoms with Gasteiger partial charge in [0.05, 0.1) is 0 Å². The highest BCUT2D eigenvalue weighted by Crippen LogP contribution is 2.39. The summed E-state index contributed by atoms with van der Waals surface area (Å²) in [6.45, 7) is 0. The number of hydrogen-bond acceptors (Lipinski definition) is 1. The molecule has 0 heterocycles. The molecule has 1 aromatic rings. The summed E-state index contributed by atoms with van der Waals surface area (Å²) in [5, 5.41) is 1.96. The lowest BCUT2D eigenvalue weighted by molar-refractivity contribution is -0.128. The second kappa shape index (κ2) is 5.07. The zero-order valence-electron chi connectivity index (χ0n) is 9.84. The van der Waals surface area contributed by atoms with Gasteiger partial charge in [0.1, 0.15) is 0 Å². The van der Waals surface area contributed by atoms with Crippen LogP contribution in [0.4, 0.5) is 27.6 Å². The second-order valence-corrected chi connectivity index (χ2v) is 4.10. The number of hydrogen-bond donors (Lipinski definition) is 1. The summed E-state index contributed by atoms with van der Waals surface area (Å²) in [7, 11) is 0. The smallest absolute Gasteiger partial charge is 0.269 e. The van der Waals surface area contributed by atoms with Crippen molar-refractivity contribution in [2.75, 3.05) is 5.32 Å². The fourth-order valence-electron chi connectivity index (χ4n) is 1.66. The van der Waals surface area contributed by atoms with Crippen LogP contribution in [0.25, 0.3) is 0 Å². The van der Waals surface area contributed by atoms with E-state index in [1.165, 1.54) is 24.3 Å². The van der Waals surface area contributed by atoms with Crippen molar-refractivity contribution in [3.63, 3.8) is 0 Å². The minimum atomic E-state index is -3.65. The molecule has 0 saturated heterocycles. The molecule has 0 bridgehead atoms. The highest BCUT2D eigenvalue weighted by atomic mass is 19.2. The monoisotopic (exact) mass is 289 g/mol. The number of allylic oxidation sites excluding steroid dienone is 3. The molecule has 0 saturated carbocycles. The Balaban J connectivity index is 2.30. The van der Waals surface area contributed by atoms with Gasteiger partial charge in [-0.1, -0.05) is 18.2 Å². The number of rotatable bonds is 2. The maximum Gasteiger partial charge on any atom is 0.269 e. The van der Waals surface area contributed by atoms with Gasteiger partial charge in [-0.2, -0.15) is 0 Å². The first-order valence-electron chi connectivity index (χ1n) is 5.49. The predicted molar refractivity (Wildman–Crippen MR) is 62.2 cm³/mol. The minimum absolute atomic E-state index is 0.103. The zero-order chi connectivity index (χ0) is 14.9. The lowest BCUT2D eigenvalue weighted by Gasteiger charge is -2.26. The Morgan fingerprint density at radius 1 is 1.15 bits per heavy atom. The van der Waals surface area contributed by atoms with Gasteiger partial charge in [-0.05, 0) is 12.1 Å². The number of benzene rings is 1. The number of halogens is 5. The van der Waals surface area contributed by atoms with Crippen molar-refractivity contribution in [1.82, 2.24) is 0 Å². The SMILES string of the molecule is O=C(Nc1ccccc1)C1(F)C=C(F)C(F)=C(F)C1F. The van der Waals surface area contributed by atoms with Gasteiger partial charge in [-0.3, -0.25) is 4.79 Å². The molecule has 2 rings (SSSR count). The van der Waals surface area contributed by atoms with E-state index in [1.807, 2.05) is 5.32 Å². The fraction of sp³-hybridized carbons (Fsp3) is 0.154. The standard InChI is InChI=1S/C13H8F5NO/c14-8-6-13(18,11(17)10(16)9(8)15)12(20)19-7-4-2-1-3-5-7/h1-6,11H,(H,19,20). The molecular weight excluding hydrogens is 281 g/mol. The number of anilines is 1. The van der Waals surface area contributed by atoms with Crippen molar-refractivity contribution >= 4 is 11.6 Å². The average molecular weight is 289 g/mol. The maximum atomic E-state index is 14.2. The van der Waals surface area contributed by atoms with E-state index in [0.717, 1.165) is 0 Å². The number of carbonyl (C=O) groups excluding carboxylic acids is 1. The minimum Gasteiger partial charge on any atom is -0.323 e. The first-order chi connectivity index (χ1) is 9.36. The molecule has 20 heavy (non-hydrogen) atoms. The van der Waals surface area contributed by atoms with Crippen LogP contribution in [-0.4, -0.2) is 17.7 Å². The van der Waals surface area contributed by atoms with Gasteiger partial charge in [0, 0.05) is 11.8 Å². The highest BCUT2D eigenvalue weighted by Gasteiger charge is 2.52. The van der Waals surface area contributed by atoms with E-state index in [-0.39, 0.29) is 11.8 Å². The van der Waals surface area contributed by atoms with Gasteiger partial charge < -0.3 is 5.32 Å². The quantitative estimate of drug-likeness (QED) is 0.827. The average Bonchev–Trinajstić information content (AvgIpc) is 2.44. The Labute approximate surface area is 110 Å². The van der Waals surface area contributed by atoms with E-state index in [0.29, 0.717) is 0 Å². The van der Waals surface area contributed by atoms with Gasteiger partial charge in [0.25, 0.3) is 5.91 Å². The molecule has 2 nitrogen and oxygen atoms in total. The normalized spacial score (nSPS) is 26.2. The molecule has 0 aromatic heterocycles. The van der Waals surface area contributed by atoms with Gasteiger partial charge in [-0.15, -0.1) is 0 Å². The van der Waals surface area contributed by atoms with Crippen molar-refractivity contribution in [1.29, 1.82) is 0 Å². The molecule has 1 N–H and O–H groups in total. The first-order valence-corrected chi connectivity index (χ1v) is 5.49.